The van der Waals surface area contributed by atoms with E-state index in [0.29, 0.717) is 6.79 Å². The van der Waals surface area contributed by atoms with E-state index in [2.05, 4.69) is 6.92 Å². The van der Waals surface area contributed by atoms with Gasteiger partial charge in [0, 0.05) is 5.41 Å². The number of benzene rings is 1. The van der Waals surface area contributed by atoms with Crippen molar-refractivity contribution < 1.29 is 14.6 Å². The molecule has 0 spiro atoms. The predicted octanol–water partition coefficient (Wildman–Crippen LogP) is 1.75. The SMILES string of the molecule is Cc1cc2c(cc1C1(CO)CC1)OCO2. The van der Waals surface area contributed by atoms with Crippen LogP contribution in [0.15, 0.2) is 12.1 Å². The number of fused-ring (bicyclic) bond motifs is 1. The lowest BCUT2D eigenvalue weighted by atomic mass is 9.92. The highest BCUT2D eigenvalue weighted by molar-refractivity contribution is 5.52. The van der Waals surface area contributed by atoms with Crippen LogP contribution in [0.1, 0.15) is 24.0 Å². The van der Waals surface area contributed by atoms with Gasteiger partial charge in [-0.15, -0.1) is 0 Å². The standard InChI is InChI=1S/C12H14O3/c1-8-4-10-11(15-7-14-10)5-9(8)12(6-13)2-3-12/h4-5,13H,2-3,6-7H2,1H3. The number of rotatable bonds is 2. The number of ether oxygens (including phenoxy) is 2. The van der Waals surface area contributed by atoms with E-state index < -0.39 is 0 Å². The first-order chi connectivity index (χ1) is 7.25. The number of aliphatic hydroxyl groups is 1. The van der Waals surface area contributed by atoms with Gasteiger partial charge in [0.25, 0.3) is 0 Å². The minimum absolute atomic E-state index is 0.00502. The molecule has 3 rings (SSSR count). The molecule has 15 heavy (non-hydrogen) atoms. The molecule has 0 bridgehead atoms. The molecular formula is C12H14O3. The van der Waals surface area contributed by atoms with Crippen LogP contribution in [0.25, 0.3) is 0 Å². The van der Waals surface area contributed by atoms with Crippen LogP contribution in [0.5, 0.6) is 11.5 Å². The molecule has 1 saturated carbocycles. The van der Waals surface area contributed by atoms with E-state index in [9.17, 15) is 5.11 Å². The maximum atomic E-state index is 9.41. The van der Waals surface area contributed by atoms with E-state index in [-0.39, 0.29) is 12.0 Å². The minimum atomic E-state index is 0.00502. The molecule has 1 aliphatic heterocycles. The summed E-state index contributed by atoms with van der Waals surface area (Å²) in [7, 11) is 0. The molecule has 1 aromatic carbocycles. The molecule has 2 aliphatic rings. The van der Waals surface area contributed by atoms with Gasteiger partial charge in [-0.3, -0.25) is 0 Å². The van der Waals surface area contributed by atoms with Crippen molar-refractivity contribution in [3.8, 4) is 11.5 Å². The zero-order valence-electron chi connectivity index (χ0n) is 8.75. The average Bonchev–Trinajstić information content (AvgIpc) is 2.91. The predicted molar refractivity (Wildman–Crippen MR) is 55.3 cm³/mol. The maximum absolute atomic E-state index is 9.41. The molecule has 0 saturated heterocycles. The second kappa shape index (κ2) is 2.89. The van der Waals surface area contributed by atoms with Crippen molar-refractivity contribution in [3.63, 3.8) is 0 Å². The first kappa shape index (κ1) is 9.04. The molecule has 1 heterocycles. The molecule has 0 radical (unpaired) electrons. The molecule has 0 amide bonds. The van der Waals surface area contributed by atoms with Crippen LogP contribution in [0, 0.1) is 6.92 Å². The smallest absolute Gasteiger partial charge is 0.231 e. The van der Waals surface area contributed by atoms with Gasteiger partial charge in [-0.2, -0.15) is 0 Å². The number of aryl methyl sites for hydroxylation is 1. The van der Waals surface area contributed by atoms with Crippen molar-refractivity contribution in [1.82, 2.24) is 0 Å². The van der Waals surface area contributed by atoms with Crippen LogP contribution < -0.4 is 9.47 Å². The van der Waals surface area contributed by atoms with Crippen molar-refractivity contribution in [2.75, 3.05) is 13.4 Å². The summed E-state index contributed by atoms with van der Waals surface area (Å²) in [6, 6.07) is 4.04. The maximum Gasteiger partial charge on any atom is 0.231 e. The van der Waals surface area contributed by atoms with Crippen molar-refractivity contribution in [3.05, 3.63) is 23.3 Å². The van der Waals surface area contributed by atoms with Gasteiger partial charge in [0.15, 0.2) is 11.5 Å². The summed E-state index contributed by atoms with van der Waals surface area (Å²) >= 11 is 0. The molecule has 1 aliphatic carbocycles. The van der Waals surface area contributed by atoms with Gasteiger partial charge in [0.1, 0.15) is 0 Å². The van der Waals surface area contributed by atoms with Crippen molar-refractivity contribution in [1.29, 1.82) is 0 Å². The van der Waals surface area contributed by atoms with Gasteiger partial charge >= 0.3 is 0 Å². The fourth-order valence-corrected chi connectivity index (χ4v) is 2.28. The summed E-state index contributed by atoms with van der Waals surface area (Å²) in [6.07, 6.45) is 2.15. The van der Waals surface area contributed by atoms with E-state index in [1.165, 1.54) is 11.1 Å². The molecule has 0 atom stereocenters. The highest BCUT2D eigenvalue weighted by Crippen LogP contribution is 2.51. The minimum Gasteiger partial charge on any atom is -0.454 e. The number of aliphatic hydroxyl groups excluding tert-OH is 1. The van der Waals surface area contributed by atoms with Crippen LogP contribution in [0.3, 0.4) is 0 Å². The first-order valence-corrected chi connectivity index (χ1v) is 5.27. The quantitative estimate of drug-likeness (QED) is 0.801. The summed E-state index contributed by atoms with van der Waals surface area (Å²) in [5.41, 5.74) is 2.41. The summed E-state index contributed by atoms with van der Waals surface area (Å²) in [6.45, 7) is 2.60. The third-order valence-corrected chi connectivity index (χ3v) is 3.45. The average molecular weight is 206 g/mol. The summed E-state index contributed by atoms with van der Waals surface area (Å²) in [5.74, 6) is 1.64. The molecule has 0 unspecified atom stereocenters. The lowest BCUT2D eigenvalue weighted by Crippen LogP contribution is -2.13. The normalized spacial score (nSPS) is 20.4. The van der Waals surface area contributed by atoms with Crippen LogP contribution in [0.2, 0.25) is 0 Å². The van der Waals surface area contributed by atoms with E-state index in [1.807, 2.05) is 12.1 Å². The third kappa shape index (κ3) is 1.23. The van der Waals surface area contributed by atoms with Gasteiger partial charge in [-0.1, -0.05) is 0 Å². The first-order valence-electron chi connectivity index (χ1n) is 5.27. The Kier molecular flexibility index (Phi) is 1.74. The van der Waals surface area contributed by atoms with Gasteiger partial charge in [-0.05, 0) is 43.0 Å². The summed E-state index contributed by atoms with van der Waals surface area (Å²) in [4.78, 5) is 0. The second-order valence-corrected chi connectivity index (χ2v) is 4.46. The Hall–Kier alpha value is -1.22. The number of hydrogen-bond donors (Lipinski definition) is 1. The summed E-state index contributed by atoms with van der Waals surface area (Å²) in [5, 5.41) is 9.41. The Morgan fingerprint density at radius 2 is 1.93 bits per heavy atom. The molecule has 80 valence electrons. The zero-order valence-corrected chi connectivity index (χ0v) is 8.75. The van der Waals surface area contributed by atoms with Gasteiger partial charge in [0.2, 0.25) is 6.79 Å². The third-order valence-electron chi connectivity index (χ3n) is 3.45. The Morgan fingerprint density at radius 3 is 2.53 bits per heavy atom. The van der Waals surface area contributed by atoms with E-state index in [0.717, 1.165) is 24.3 Å². The van der Waals surface area contributed by atoms with Crippen molar-refractivity contribution in [2.45, 2.75) is 25.2 Å². The lowest BCUT2D eigenvalue weighted by molar-refractivity contribution is 0.174. The highest BCUT2D eigenvalue weighted by atomic mass is 16.7. The second-order valence-electron chi connectivity index (χ2n) is 4.46. The molecule has 3 heteroatoms. The Bertz CT molecular complexity index is 408. The fourth-order valence-electron chi connectivity index (χ4n) is 2.28. The molecule has 3 nitrogen and oxygen atoms in total. The monoisotopic (exact) mass is 206 g/mol. The zero-order chi connectivity index (χ0) is 10.5. The highest BCUT2D eigenvalue weighted by Gasteiger charge is 2.45. The largest absolute Gasteiger partial charge is 0.454 e. The summed E-state index contributed by atoms with van der Waals surface area (Å²) < 4.78 is 10.7. The van der Waals surface area contributed by atoms with E-state index in [4.69, 9.17) is 9.47 Å². The topological polar surface area (TPSA) is 38.7 Å². The van der Waals surface area contributed by atoms with Crippen LogP contribution in [0.4, 0.5) is 0 Å². The lowest BCUT2D eigenvalue weighted by Gasteiger charge is -2.15. The fraction of sp³-hybridized carbons (Fsp3) is 0.500. The Balaban J connectivity index is 2.09. The van der Waals surface area contributed by atoms with Gasteiger partial charge in [-0.25, -0.2) is 0 Å². The van der Waals surface area contributed by atoms with E-state index in [1.54, 1.807) is 0 Å². The van der Waals surface area contributed by atoms with Gasteiger partial charge in [0.05, 0.1) is 6.61 Å². The molecule has 0 aromatic heterocycles. The van der Waals surface area contributed by atoms with Crippen LogP contribution in [-0.4, -0.2) is 18.5 Å². The van der Waals surface area contributed by atoms with Crippen molar-refractivity contribution in [2.24, 2.45) is 0 Å². The van der Waals surface area contributed by atoms with Gasteiger partial charge < -0.3 is 14.6 Å². The molecule has 1 aromatic rings. The van der Waals surface area contributed by atoms with Crippen LogP contribution in [-0.2, 0) is 5.41 Å². The van der Waals surface area contributed by atoms with E-state index >= 15 is 0 Å². The molecule has 1 N–H and O–H groups in total. The van der Waals surface area contributed by atoms with Crippen LogP contribution >= 0.6 is 0 Å². The Labute approximate surface area is 88.6 Å². The molecule has 1 fully saturated rings. The number of hydrogen-bond acceptors (Lipinski definition) is 3. The van der Waals surface area contributed by atoms with Crippen molar-refractivity contribution >= 4 is 0 Å². The Morgan fingerprint density at radius 1 is 1.27 bits per heavy atom. The molecular weight excluding hydrogens is 192 g/mol.